The molecular weight excluding hydrogens is 234 g/mol. The van der Waals surface area contributed by atoms with E-state index in [9.17, 15) is 4.79 Å². The van der Waals surface area contributed by atoms with Crippen molar-refractivity contribution in [2.75, 3.05) is 19.8 Å². The zero-order valence-electron chi connectivity index (χ0n) is 11.1. The van der Waals surface area contributed by atoms with Gasteiger partial charge in [0.15, 0.2) is 0 Å². The minimum absolute atomic E-state index is 0.0551. The Bertz CT molecular complexity index is 318. The second-order valence-corrected chi connectivity index (χ2v) is 6.19. The molecule has 1 aliphatic heterocycles. The van der Waals surface area contributed by atoms with Gasteiger partial charge in [0.1, 0.15) is 6.04 Å². The Morgan fingerprint density at radius 1 is 1.61 bits per heavy atom. The zero-order chi connectivity index (χ0) is 13.3. The van der Waals surface area contributed by atoms with Crippen LogP contribution in [0.15, 0.2) is 0 Å². The number of carboxylic acid groups (broad SMARTS) is 1. The number of aliphatic carboxylic acids is 1. The molecule has 1 aliphatic carbocycles. The molecule has 2 rings (SSSR count). The quantitative estimate of drug-likeness (QED) is 0.737. The Morgan fingerprint density at radius 2 is 2.33 bits per heavy atom. The molecule has 0 radical (unpaired) electrons. The first-order valence-electron chi connectivity index (χ1n) is 6.59. The summed E-state index contributed by atoms with van der Waals surface area (Å²) in [6.45, 7) is 5.61. The number of carboxylic acids is 1. The maximum atomic E-state index is 10.6. The molecule has 0 aromatic rings. The van der Waals surface area contributed by atoms with Crippen LogP contribution in [0.1, 0.15) is 26.7 Å². The lowest BCUT2D eigenvalue weighted by Gasteiger charge is -2.36. The first-order chi connectivity index (χ1) is 8.42. The molecule has 5 nitrogen and oxygen atoms in total. The van der Waals surface area contributed by atoms with Crippen LogP contribution in [-0.4, -0.2) is 43.0 Å². The summed E-state index contributed by atoms with van der Waals surface area (Å²) in [5, 5.41) is 8.68. The highest BCUT2D eigenvalue weighted by atomic mass is 16.5. The Hall–Kier alpha value is -0.650. The van der Waals surface area contributed by atoms with Crippen molar-refractivity contribution in [3.8, 4) is 0 Å². The number of ether oxygens (including phenoxy) is 2. The molecule has 1 heterocycles. The summed E-state index contributed by atoms with van der Waals surface area (Å²) in [6.07, 6.45) is 2.68. The number of carbonyl (C=O) groups is 1. The van der Waals surface area contributed by atoms with Crippen molar-refractivity contribution in [2.45, 2.75) is 38.8 Å². The van der Waals surface area contributed by atoms with E-state index in [1.165, 1.54) is 12.8 Å². The topological polar surface area (TPSA) is 81.8 Å². The average Bonchev–Trinajstić information content (AvgIpc) is 3.06. The smallest absolute Gasteiger partial charge is 0.322 e. The predicted molar refractivity (Wildman–Crippen MR) is 66.2 cm³/mol. The summed E-state index contributed by atoms with van der Waals surface area (Å²) in [7, 11) is 0. The van der Waals surface area contributed by atoms with Gasteiger partial charge in [0.05, 0.1) is 19.3 Å². The fourth-order valence-electron chi connectivity index (χ4n) is 2.85. The lowest BCUT2D eigenvalue weighted by molar-refractivity contribution is -0.141. The second kappa shape index (κ2) is 5.15. The monoisotopic (exact) mass is 257 g/mol. The van der Waals surface area contributed by atoms with Gasteiger partial charge in [-0.15, -0.1) is 0 Å². The van der Waals surface area contributed by atoms with E-state index in [0.29, 0.717) is 12.5 Å². The molecule has 0 aromatic heterocycles. The zero-order valence-corrected chi connectivity index (χ0v) is 11.1. The molecule has 0 aromatic carbocycles. The van der Waals surface area contributed by atoms with Crippen LogP contribution in [0.4, 0.5) is 0 Å². The summed E-state index contributed by atoms with van der Waals surface area (Å²) < 4.78 is 11.3. The van der Waals surface area contributed by atoms with Crippen LogP contribution in [0.2, 0.25) is 0 Å². The van der Waals surface area contributed by atoms with Gasteiger partial charge in [-0.1, -0.05) is 13.8 Å². The molecule has 4 atom stereocenters. The lowest BCUT2D eigenvalue weighted by atomic mass is 9.83. The summed E-state index contributed by atoms with van der Waals surface area (Å²) in [6, 6.07) is -0.943. The minimum atomic E-state index is -1.02. The van der Waals surface area contributed by atoms with E-state index in [4.69, 9.17) is 20.3 Å². The maximum absolute atomic E-state index is 10.6. The van der Waals surface area contributed by atoms with Crippen LogP contribution in [0.25, 0.3) is 0 Å². The number of hydrogen-bond acceptors (Lipinski definition) is 4. The third-order valence-corrected chi connectivity index (χ3v) is 4.01. The molecule has 0 bridgehead atoms. The van der Waals surface area contributed by atoms with E-state index in [2.05, 4.69) is 13.8 Å². The van der Waals surface area contributed by atoms with E-state index in [-0.39, 0.29) is 18.1 Å². The molecular formula is C13H23NO4. The van der Waals surface area contributed by atoms with Crippen molar-refractivity contribution < 1.29 is 19.4 Å². The third kappa shape index (κ3) is 3.02. The van der Waals surface area contributed by atoms with Gasteiger partial charge in [-0.3, -0.25) is 4.79 Å². The molecule has 2 fully saturated rings. The Balaban J connectivity index is 1.78. The number of fused-ring (bicyclic) bond motifs is 1. The Morgan fingerprint density at radius 3 is 3.00 bits per heavy atom. The van der Waals surface area contributed by atoms with E-state index in [0.717, 1.165) is 12.5 Å². The fraction of sp³-hybridized carbons (Fsp3) is 0.923. The van der Waals surface area contributed by atoms with E-state index >= 15 is 0 Å². The van der Waals surface area contributed by atoms with Gasteiger partial charge < -0.3 is 20.3 Å². The largest absolute Gasteiger partial charge is 0.480 e. The Labute approximate surface area is 108 Å². The van der Waals surface area contributed by atoms with Crippen molar-refractivity contribution in [1.82, 2.24) is 0 Å². The highest BCUT2D eigenvalue weighted by Crippen LogP contribution is 2.52. The van der Waals surface area contributed by atoms with E-state index in [1.54, 1.807) is 0 Å². The van der Waals surface area contributed by atoms with Crippen molar-refractivity contribution in [2.24, 2.45) is 23.0 Å². The molecule has 104 valence electrons. The Kier molecular flexibility index (Phi) is 3.94. The van der Waals surface area contributed by atoms with Crippen LogP contribution in [0, 0.1) is 17.3 Å². The van der Waals surface area contributed by atoms with Gasteiger partial charge in [0, 0.05) is 12.0 Å². The van der Waals surface area contributed by atoms with Crippen LogP contribution in [0.5, 0.6) is 0 Å². The number of nitrogens with two attached hydrogens (primary N) is 1. The van der Waals surface area contributed by atoms with Crippen molar-refractivity contribution in [1.29, 1.82) is 0 Å². The van der Waals surface area contributed by atoms with Gasteiger partial charge in [-0.2, -0.15) is 0 Å². The summed E-state index contributed by atoms with van der Waals surface area (Å²) in [4.78, 5) is 10.6. The van der Waals surface area contributed by atoms with Crippen molar-refractivity contribution in [3.05, 3.63) is 0 Å². The normalized spacial score (nSPS) is 32.7. The molecule has 0 amide bonds. The third-order valence-electron chi connectivity index (χ3n) is 4.01. The van der Waals surface area contributed by atoms with Gasteiger partial charge in [-0.25, -0.2) is 0 Å². The fourth-order valence-corrected chi connectivity index (χ4v) is 2.85. The molecule has 1 unspecified atom stereocenters. The van der Waals surface area contributed by atoms with Crippen LogP contribution in [-0.2, 0) is 14.3 Å². The molecule has 5 heteroatoms. The molecule has 1 saturated heterocycles. The molecule has 0 spiro atoms. The van der Waals surface area contributed by atoms with Gasteiger partial charge >= 0.3 is 5.97 Å². The number of rotatable bonds is 6. The van der Waals surface area contributed by atoms with Crippen LogP contribution >= 0.6 is 0 Å². The summed E-state index contributed by atoms with van der Waals surface area (Å²) in [5.41, 5.74) is 5.32. The second-order valence-electron chi connectivity index (χ2n) is 6.19. The molecule has 2 aliphatic rings. The van der Waals surface area contributed by atoms with Crippen molar-refractivity contribution >= 4 is 5.97 Å². The summed E-state index contributed by atoms with van der Waals surface area (Å²) >= 11 is 0. The van der Waals surface area contributed by atoms with Gasteiger partial charge in [0.25, 0.3) is 0 Å². The molecule has 3 N–H and O–H groups in total. The predicted octanol–water partition coefficient (Wildman–Crippen LogP) is 0.866. The number of hydrogen-bond donors (Lipinski definition) is 2. The highest BCUT2D eigenvalue weighted by molar-refractivity contribution is 5.73. The van der Waals surface area contributed by atoms with Gasteiger partial charge in [-0.05, 0) is 24.7 Å². The van der Waals surface area contributed by atoms with Crippen LogP contribution in [0.3, 0.4) is 0 Å². The first kappa shape index (κ1) is 13.8. The van der Waals surface area contributed by atoms with Crippen molar-refractivity contribution in [3.63, 3.8) is 0 Å². The first-order valence-corrected chi connectivity index (χ1v) is 6.59. The standard InChI is InChI=1S/C13H23NO4/c1-13(2,7-17-6-10(14)12(15)16)11-9-5-8(9)3-4-18-11/h8-11H,3-7,14H2,1-2H3,(H,15,16)/t8-,9-,10-,11?/m0/s1. The molecule has 1 saturated carbocycles. The van der Waals surface area contributed by atoms with Crippen LogP contribution < -0.4 is 5.73 Å². The molecule has 18 heavy (non-hydrogen) atoms. The lowest BCUT2D eigenvalue weighted by Crippen LogP contribution is -2.42. The SMILES string of the molecule is CC(C)(COC[C@H](N)C(=O)O)C1OCC[C@H]2C[C@H]12. The highest BCUT2D eigenvalue weighted by Gasteiger charge is 2.51. The van der Waals surface area contributed by atoms with E-state index in [1.807, 2.05) is 0 Å². The minimum Gasteiger partial charge on any atom is -0.480 e. The summed E-state index contributed by atoms with van der Waals surface area (Å²) in [5.74, 6) is 0.485. The maximum Gasteiger partial charge on any atom is 0.322 e. The van der Waals surface area contributed by atoms with E-state index < -0.39 is 12.0 Å². The average molecular weight is 257 g/mol. The van der Waals surface area contributed by atoms with Gasteiger partial charge in [0.2, 0.25) is 0 Å².